The van der Waals surface area contributed by atoms with Crippen molar-refractivity contribution >= 4 is 45.2 Å². The molecule has 0 aromatic carbocycles. The molecule has 14 unspecified atom stereocenters. The van der Waals surface area contributed by atoms with E-state index in [9.17, 15) is 0 Å². The molecule has 0 fully saturated rings. The lowest BCUT2D eigenvalue weighted by molar-refractivity contribution is -0.250. The van der Waals surface area contributed by atoms with Crippen LogP contribution in [0, 0.1) is 59.2 Å². The molecule has 0 N–H and O–H groups in total. The minimum atomic E-state index is -0.156. The molecule has 0 saturated carbocycles. The van der Waals surface area contributed by atoms with Crippen molar-refractivity contribution in [2.75, 3.05) is 13.2 Å². The first-order valence-corrected chi connectivity index (χ1v) is 26.6. The summed E-state index contributed by atoms with van der Waals surface area (Å²) in [6.07, 6.45) is 24.6. The van der Waals surface area contributed by atoms with E-state index in [0.29, 0.717) is 0 Å². The number of alkyl halides is 2. The number of hydrogen-bond acceptors (Lipinski definition) is 3. The summed E-state index contributed by atoms with van der Waals surface area (Å²) in [5.74, 6) is 8.06. The third-order valence-electron chi connectivity index (χ3n) is 12.1. The molecular weight excluding hydrogens is 902 g/mol. The minimum Gasteiger partial charge on any atom is -0.353 e. The maximum Gasteiger partial charge on any atom is 0.160 e. The van der Waals surface area contributed by atoms with Crippen LogP contribution in [0.2, 0.25) is 0 Å². The van der Waals surface area contributed by atoms with Crippen LogP contribution in [0.3, 0.4) is 0 Å². The lowest BCUT2D eigenvalue weighted by atomic mass is 9.82. The number of ether oxygens (including phenoxy) is 3. The second kappa shape index (κ2) is 35.0. The Labute approximate surface area is 374 Å². The normalized spacial score (nSPS) is 20.1. The summed E-state index contributed by atoms with van der Waals surface area (Å²) < 4.78 is 21.1. The van der Waals surface area contributed by atoms with E-state index >= 15 is 0 Å². The van der Waals surface area contributed by atoms with Gasteiger partial charge in [0.15, 0.2) is 12.6 Å². The van der Waals surface area contributed by atoms with Crippen molar-refractivity contribution in [3.8, 4) is 0 Å². The van der Waals surface area contributed by atoms with Gasteiger partial charge in [0, 0.05) is 21.1 Å². The molecule has 0 aliphatic rings. The molecule has 0 aliphatic heterocycles. The molecule has 55 heavy (non-hydrogen) atoms. The molecule has 14 atom stereocenters. The molecule has 0 heterocycles. The van der Waals surface area contributed by atoms with Gasteiger partial charge in [-0.15, -0.1) is 0 Å². The highest BCUT2D eigenvalue weighted by Gasteiger charge is 2.22. The van der Waals surface area contributed by atoms with Gasteiger partial charge in [-0.25, -0.2) is 0 Å². The fourth-order valence-electron chi connectivity index (χ4n) is 10.1. The molecule has 0 saturated heterocycles. The Balaban J connectivity index is 4.88. The van der Waals surface area contributed by atoms with Crippen LogP contribution >= 0.6 is 45.2 Å². The lowest BCUT2D eigenvalue weighted by Crippen LogP contribution is -2.28. The summed E-state index contributed by atoms with van der Waals surface area (Å²) in [4.78, 5) is 0. The van der Waals surface area contributed by atoms with Gasteiger partial charge in [0.25, 0.3) is 0 Å². The minimum absolute atomic E-state index is 0.156. The van der Waals surface area contributed by atoms with Crippen LogP contribution < -0.4 is 0 Å². The molecule has 5 heteroatoms. The predicted octanol–water partition coefficient (Wildman–Crippen LogP) is 17.5. The molecule has 0 radical (unpaired) electrons. The highest BCUT2D eigenvalue weighted by atomic mass is 127. The van der Waals surface area contributed by atoms with E-state index < -0.39 is 0 Å². The lowest BCUT2D eigenvalue weighted by Gasteiger charge is -2.27. The van der Waals surface area contributed by atoms with Gasteiger partial charge in [0.2, 0.25) is 0 Å². The summed E-state index contributed by atoms with van der Waals surface area (Å²) in [5.41, 5.74) is 0. The third kappa shape index (κ3) is 34.7. The van der Waals surface area contributed by atoms with Crippen molar-refractivity contribution in [2.24, 2.45) is 59.2 Å². The molecule has 0 amide bonds. The fraction of sp³-hybridized carbons (Fsp3) is 1.00. The molecule has 0 aromatic heterocycles. The van der Waals surface area contributed by atoms with Crippen molar-refractivity contribution in [3.05, 3.63) is 0 Å². The predicted molar refractivity (Wildman–Crippen MR) is 263 cm³/mol. The maximum atomic E-state index is 6.70. The summed E-state index contributed by atoms with van der Waals surface area (Å²) in [6, 6.07) is 0. The summed E-state index contributed by atoms with van der Waals surface area (Å²) in [6.45, 7) is 35.6. The Morgan fingerprint density at radius 3 is 0.836 bits per heavy atom. The Morgan fingerprint density at radius 2 is 0.582 bits per heavy atom. The van der Waals surface area contributed by atoms with Gasteiger partial charge >= 0.3 is 0 Å². The SMILES string of the molecule is CCCCOC(CCCC(C)CC(C)CC(C)CC(C)CC(C)CC(C)I)OC(CCCC(C)CC(C)CC(C)CC(C)CC(C)CC(C)I)OCCCC. The van der Waals surface area contributed by atoms with Crippen molar-refractivity contribution in [2.45, 2.75) is 246 Å². The number of rotatable bonds is 38. The van der Waals surface area contributed by atoms with Crippen molar-refractivity contribution in [3.63, 3.8) is 0 Å². The van der Waals surface area contributed by atoms with Gasteiger partial charge in [-0.05, 0) is 162 Å². The van der Waals surface area contributed by atoms with Crippen LogP contribution in [0.15, 0.2) is 0 Å². The van der Waals surface area contributed by atoms with Gasteiger partial charge in [-0.1, -0.05) is 168 Å². The van der Waals surface area contributed by atoms with Gasteiger partial charge in [0.05, 0.1) is 0 Å². The largest absolute Gasteiger partial charge is 0.353 e. The Bertz CT molecular complexity index is 772. The summed E-state index contributed by atoms with van der Waals surface area (Å²) in [5, 5.41) is 0. The topological polar surface area (TPSA) is 27.7 Å². The molecule has 0 bridgehead atoms. The zero-order valence-corrected chi connectivity index (χ0v) is 43.9. The average Bonchev–Trinajstić information content (AvgIpc) is 3.03. The first-order chi connectivity index (χ1) is 25.9. The van der Waals surface area contributed by atoms with Gasteiger partial charge in [-0.2, -0.15) is 0 Å². The monoisotopic (exact) mass is 1000 g/mol. The maximum absolute atomic E-state index is 6.70. The summed E-state index contributed by atoms with van der Waals surface area (Å²) >= 11 is 5.17. The van der Waals surface area contributed by atoms with E-state index in [1.54, 1.807) is 0 Å². The van der Waals surface area contributed by atoms with Crippen LogP contribution in [-0.2, 0) is 14.2 Å². The van der Waals surface area contributed by atoms with E-state index in [4.69, 9.17) is 14.2 Å². The third-order valence-corrected chi connectivity index (χ3v) is 13.1. The van der Waals surface area contributed by atoms with Crippen LogP contribution in [-0.4, -0.2) is 33.6 Å². The zero-order valence-electron chi connectivity index (χ0n) is 39.6. The number of hydrogen-bond donors (Lipinski definition) is 0. The van der Waals surface area contributed by atoms with Gasteiger partial charge < -0.3 is 14.2 Å². The first kappa shape index (κ1) is 56.3. The van der Waals surface area contributed by atoms with Crippen molar-refractivity contribution in [1.82, 2.24) is 0 Å². The Morgan fingerprint density at radius 1 is 0.327 bits per heavy atom. The average molecular weight is 1000 g/mol. The molecule has 332 valence electrons. The number of halogens is 2. The zero-order chi connectivity index (χ0) is 41.8. The van der Waals surface area contributed by atoms with E-state index in [-0.39, 0.29) is 12.6 Å². The molecule has 0 spiro atoms. The highest BCUT2D eigenvalue weighted by Crippen LogP contribution is 2.32. The van der Waals surface area contributed by atoms with E-state index in [1.807, 2.05) is 0 Å². The molecule has 0 aliphatic carbocycles. The molecular formula is C50H100I2O3. The Hall–Kier alpha value is 1.34. The van der Waals surface area contributed by atoms with Gasteiger partial charge in [-0.3, -0.25) is 0 Å². The summed E-state index contributed by atoms with van der Waals surface area (Å²) in [7, 11) is 0. The standard InChI is InChI=1S/C50H100I2O3/c1-15-17-25-53-49(23-19-21-37(3)27-39(5)29-41(7)31-43(9)33-45(11)35-47(13)51)55-50(54-26-18-16-2)24-20-22-38(4)28-40(6)30-42(8)32-44(10)34-46(12)36-48(14)52/h37-50H,15-36H2,1-14H3. The van der Waals surface area contributed by atoms with Crippen LogP contribution in [0.25, 0.3) is 0 Å². The second-order valence-electron chi connectivity index (χ2n) is 20.3. The van der Waals surface area contributed by atoms with Gasteiger partial charge in [0.1, 0.15) is 0 Å². The van der Waals surface area contributed by atoms with Crippen molar-refractivity contribution in [1.29, 1.82) is 0 Å². The highest BCUT2D eigenvalue weighted by molar-refractivity contribution is 14.1. The molecule has 0 rings (SSSR count). The van der Waals surface area contributed by atoms with Crippen LogP contribution in [0.5, 0.6) is 0 Å². The number of unbranched alkanes of at least 4 members (excludes halogenated alkanes) is 2. The first-order valence-electron chi connectivity index (χ1n) is 24.1. The van der Waals surface area contributed by atoms with E-state index in [2.05, 4.69) is 142 Å². The van der Waals surface area contributed by atoms with Crippen molar-refractivity contribution < 1.29 is 14.2 Å². The fourth-order valence-corrected chi connectivity index (χ4v) is 11.9. The van der Waals surface area contributed by atoms with Crippen LogP contribution in [0.1, 0.15) is 225 Å². The smallest absolute Gasteiger partial charge is 0.160 e. The van der Waals surface area contributed by atoms with E-state index in [1.165, 1.54) is 77.0 Å². The Kier molecular flexibility index (Phi) is 35.8. The quantitative estimate of drug-likeness (QED) is 0.0267. The second-order valence-corrected chi connectivity index (χ2v) is 24.5. The van der Waals surface area contributed by atoms with E-state index in [0.717, 1.165) is 132 Å². The molecule has 3 nitrogen and oxygen atoms in total. The van der Waals surface area contributed by atoms with Crippen LogP contribution in [0.4, 0.5) is 0 Å². The molecule has 0 aromatic rings.